The second-order valence-corrected chi connectivity index (χ2v) is 29.1. The maximum absolute atomic E-state index is 7.69. The third-order valence-corrected chi connectivity index (χ3v) is 21.0. The summed E-state index contributed by atoms with van der Waals surface area (Å²) in [5.41, 5.74) is 22.5. The van der Waals surface area contributed by atoms with Crippen LogP contribution >= 0.6 is 11.3 Å². The summed E-state index contributed by atoms with van der Waals surface area (Å²) in [6.07, 6.45) is 9.41. The molecule has 12 rings (SSSR count). The Morgan fingerprint density at radius 2 is 0.926 bits per heavy atom. The number of anilines is 6. The zero-order valence-corrected chi connectivity index (χ0v) is 45.5. The van der Waals surface area contributed by atoms with Crippen molar-refractivity contribution < 1.29 is 4.42 Å². The molecule has 354 valence electrons. The first-order valence-corrected chi connectivity index (χ1v) is 27.2. The molecular formula is C63H77BN2OS. The third kappa shape index (κ3) is 6.02. The maximum atomic E-state index is 7.69. The van der Waals surface area contributed by atoms with Crippen LogP contribution < -0.4 is 25.5 Å². The number of hydrogen-bond acceptors (Lipinski definition) is 4. The molecule has 0 radical (unpaired) electrons. The Balaban J connectivity index is 1.23. The standard InChI is InChI=1S/C63H77BN2OS/c1-36-32-45-49-46(33-36)66(38-19-22-41-43(35-38)59(8,9)27-25-57(41,4)5)51-48-54(63(16,17)31-29-61(48,12)13)68-55(51)64(49)50-44(23-20-39-47-53(67-52(39)50)62(14,15)30-28-60(47,10)11)65(45)37-18-21-40-42(34-37)58(6,7)26-24-56(40,2)3/h18-23,32-35H,24-31H2,1-17H3. The van der Waals surface area contributed by atoms with E-state index >= 15 is 0 Å². The van der Waals surface area contributed by atoms with Gasteiger partial charge in [0.25, 0.3) is 6.71 Å². The van der Waals surface area contributed by atoms with Crippen molar-refractivity contribution in [1.29, 1.82) is 0 Å². The number of benzene rings is 4. The first kappa shape index (κ1) is 45.0. The molecule has 2 aliphatic heterocycles. The Morgan fingerprint density at radius 3 is 1.50 bits per heavy atom. The lowest BCUT2D eigenvalue weighted by Gasteiger charge is -2.47. The van der Waals surface area contributed by atoms with Gasteiger partial charge in [-0.3, -0.25) is 0 Å². The molecule has 0 saturated carbocycles. The second kappa shape index (κ2) is 13.6. The fourth-order valence-corrected chi connectivity index (χ4v) is 16.3. The molecule has 6 aliphatic rings. The largest absolute Gasteiger partial charge is 0.461 e. The molecule has 0 amide bonds. The fraction of sp³-hybridized carbons (Fsp3) is 0.524. The molecule has 4 aliphatic carbocycles. The molecule has 3 nitrogen and oxygen atoms in total. The van der Waals surface area contributed by atoms with Gasteiger partial charge in [-0.05, 0) is 189 Å². The van der Waals surface area contributed by atoms with Gasteiger partial charge < -0.3 is 14.2 Å². The van der Waals surface area contributed by atoms with Crippen molar-refractivity contribution in [2.24, 2.45) is 0 Å². The van der Waals surface area contributed by atoms with Gasteiger partial charge in [-0.2, -0.15) is 11.3 Å². The highest BCUT2D eigenvalue weighted by Crippen LogP contribution is 2.59. The van der Waals surface area contributed by atoms with Crippen LogP contribution in [0.4, 0.5) is 34.1 Å². The SMILES string of the molecule is Cc1cc2c3c(c1)N(c1ccc4c(c1)C(C)(C)CCC4(C)C)c1c(sc4c1C(C)(C)CCC4(C)C)B3c1c(ccc3c4c(oc13)C(C)(C)CCC4(C)C)N2c1ccc2c(c1)C(C)(C)CCC2(C)C. The van der Waals surface area contributed by atoms with E-state index in [1.807, 2.05) is 0 Å². The van der Waals surface area contributed by atoms with Crippen LogP contribution in [0.5, 0.6) is 0 Å². The van der Waals surface area contributed by atoms with Gasteiger partial charge in [-0.25, -0.2) is 0 Å². The highest BCUT2D eigenvalue weighted by Gasteiger charge is 2.53. The van der Waals surface area contributed by atoms with Crippen molar-refractivity contribution in [2.75, 3.05) is 9.80 Å². The van der Waals surface area contributed by atoms with Gasteiger partial charge in [-0.1, -0.05) is 123 Å². The number of nitrogens with zero attached hydrogens (tertiary/aromatic N) is 2. The normalized spacial score (nSPS) is 23.2. The van der Waals surface area contributed by atoms with E-state index in [2.05, 4.69) is 200 Å². The summed E-state index contributed by atoms with van der Waals surface area (Å²) < 4.78 is 9.18. The Morgan fingerprint density at radius 1 is 0.456 bits per heavy atom. The lowest BCUT2D eigenvalue weighted by Crippen LogP contribution is -2.61. The molecule has 0 N–H and O–H groups in total. The lowest BCUT2D eigenvalue weighted by molar-refractivity contribution is 0.284. The number of rotatable bonds is 2. The Hall–Kier alpha value is -4.22. The van der Waals surface area contributed by atoms with E-state index in [4.69, 9.17) is 4.42 Å². The summed E-state index contributed by atoms with van der Waals surface area (Å²) in [4.78, 5) is 7.04. The molecule has 4 heterocycles. The zero-order valence-electron chi connectivity index (χ0n) is 44.7. The molecule has 0 atom stereocenters. The van der Waals surface area contributed by atoms with Crippen molar-refractivity contribution >= 4 is 78.8 Å². The van der Waals surface area contributed by atoms with E-state index in [0.29, 0.717) is 0 Å². The number of aryl methyl sites for hydroxylation is 1. The molecular weight excluding hydrogens is 844 g/mol. The average molecular weight is 921 g/mol. The first-order valence-electron chi connectivity index (χ1n) is 26.4. The third-order valence-electron chi connectivity index (χ3n) is 19.4. The minimum atomic E-state index is -0.0540. The molecule has 5 heteroatoms. The molecule has 2 aromatic heterocycles. The topological polar surface area (TPSA) is 19.6 Å². The lowest BCUT2D eigenvalue weighted by atomic mass is 9.35. The van der Waals surface area contributed by atoms with Crippen LogP contribution in [0.25, 0.3) is 11.0 Å². The molecule has 0 unspecified atom stereocenters. The van der Waals surface area contributed by atoms with E-state index in [0.717, 1.165) is 18.4 Å². The van der Waals surface area contributed by atoms with Gasteiger partial charge in [0, 0.05) is 54.5 Å². The van der Waals surface area contributed by atoms with Crippen molar-refractivity contribution in [3.05, 3.63) is 110 Å². The number of thiophene rings is 1. The van der Waals surface area contributed by atoms with E-state index in [1.54, 1.807) is 10.4 Å². The van der Waals surface area contributed by atoms with Gasteiger partial charge in [0.05, 0.1) is 5.69 Å². The molecule has 68 heavy (non-hydrogen) atoms. The quantitative estimate of drug-likeness (QED) is 0.161. The van der Waals surface area contributed by atoms with Gasteiger partial charge in [0.1, 0.15) is 11.3 Å². The van der Waals surface area contributed by atoms with Crippen molar-refractivity contribution in [3.63, 3.8) is 0 Å². The van der Waals surface area contributed by atoms with Gasteiger partial charge in [0.2, 0.25) is 0 Å². The zero-order chi connectivity index (χ0) is 48.4. The number of furan rings is 1. The van der Waals surface area contributed by atoms with E-state index in [1.165, 1.54) is 133 Å². The monoisotopic (exact) mass is 921 g/mol. The van der Waals surface area contributed by atoms with Gasteiger partial charge >= 0.3 is 0 Å². The summed E-state index contributed by atoms with van der Waals surface area (Å²) in [6.45, 7) is 42.0. The first-order chi connectivity index (χ1) is 31.6. The summed E-state index contributed by atoms with van der Waals surface area (Å²) in [5.74, 6) is 1.20. The van der Waals surface area contributed by atoms with E-state index in [-0.39, 0.29) is 50.0 Å². The van der Waals surface area contributed by atoms with Crippen LogP contribution in [0.1, 0.15) is 212 Å². The van der Waals surface area contributed by atoms with Crippen LogP contribution in [0.3, 0.4) is 0 Å². The highest BCUT2D eigenvalue weighted by atomic mass is 32.1. The Labute approximate surface area is 413 Å². The predicted molar refractivity (Wildman–Crippen MR) is 294 cm³/mol. The minimum absolute atomic E-state index is 0.00355. The molecule has 0 fully saturated rings. The van der Waals surface area contributed by atoms with E-state index < -0.39 is 0 Å². The van der Waals surface area contributed by atoms with Gasteiger partial charge in [-0.15, -0.1) is 0 Å². The molecule has 0 spiro atoms. The van der Waals surface area contributed by atoms with E-state index in [9.17, 15) is 0 Å². The summed E-state index contributed by atoms with van der Waals surface area (Å²) in [6, 6.07) is 25.2. The number of fused-ring (bicyclic) bond motifs is 12. The Bertz CT molecular complexity index is 3180. The van der Waals surface area contributed by atoms with Crippen molar-refractivity contribution in [2.45, 2.75) is 212 Å². The summed E-state index contributed by atoms with van der Waals surface area (Å²) in [7, 11) is 0. The summed E-state index contributed by atoms with van der Waals surface area (Å²) >= 11 is 2.14. The summed E-state index contributed by atoms with van der Waals surface area (Å²) in [5, 5.41) is 1.31. The predicted octanol–water partition coefficient (Wildman–Crippen LogP) is 16.3. The minimum Gasteiger partial charge on any atom is -0.461 e. The highest BCUT2D eigenvalue weighted by molar-refractivity contribution is 7.29. The fourth-order valence-electron chi connectivity index (χ4n) is 14.5. The molecule has 4 aromatic carbocycles. The second-order valence-electron chi connectivity index (χ2n) is 28.1. The Kier molecular flexibility index (Phi) is 8.99. The van der Waals surface area contributed by atoms with Gasteiger partial charge in [0.15, 0.2) is 0 Å². The average Bonchev–Trinajstić information content (AvgIpc) is 3.88. The van der Waals surface area contributed by atoms with Crippen LogP contribution in [0.2, 0.25) is 0 Å². The smallest absolute Gasteiger partial charge is 0.269 e. The van der Waals surface area contributed by atoms with Crippen LogP contribution in [-0.2, 0) is 43.3 Å². The molecule has 0 bridgehead atoms. The van der Waals surface area contributed by atoms with Crippen LogP contribution in [-0.4, -0.2) is 6.71 Å². The number of hydrogen-bond donors (Lipinski definition) is 0. The van der Waals surface area contributed by atoms with Crippen LogP contribution in [0, 0.1) is 6.92 Å². The van der Waals surface area contributed by atoms with Crippen LogP contribution in [0.15, 0.2) is 65.1 Å². The molecule has 0 saturated heterocycles. The molecule has 6 aromatic rings. The maximum Gasteiger partial charge on any atom is 0.269 e. The van der Waals surface area contributed by atoms with Crippen molar-refractivity contribution in [1.82, 2.24) is 0 Å². The van der Waals surface area contributed by atoms with Crippen molar-refractivity contribution in [3.8, 4) is 0 Å².